The Morgan fingerprint density at radius 1 is 0.923 bits per heavy atom. The molecule has 0 atom stereocenters. The third kappa shape index (κ3) is 3.05. The first kappa shape index (κ1) is 16.1. The quantitative estimate of drug-likeness (QED) is 0.694. The highest BCUT2D eigenvalue weighted by molar-refractivity contribution is 7.15. The van der Waals surface area contributed by atoms with Gasteiger partial charge in [-0.2, -0.15) is 4.98 Å². The van der Waals surface area contributed by atoms with Crippen molar-refractivity contribution < 1.29 is 4.42 Å². The minimum absolute atomic E-state index is 0.635. The van der Waals surface area contributed by atoms with Crippen LogP contribution in [-0.4, -0.2) is 41.4 Å². The Balaban J connectivity index is 1.24. The summed E-state index contributed by atoms with van der Waals surface area (Å²) in [7, 11) is 0. The van der Waals surface area contributed by atoms with Gasteiger partial charge in [0.1, 0.15) is 10.5 Å². The van der Waals surface area contributed by atoms with E-state index in [1.807, 2.05) is 24.3 Å². The van der Waals surface area contributed by atoms with Gasteiger partial charge in [-0.15, -0.1) is 10.2 Å². The number of rotatable bonds is 3. The Kier molecular flexibility index (Phi) is 4.24. The molecule has 0 amide bonds. The molecule has 1 aromatic carbocycles. The Morgan fingerprint density at radius 2 is 1.69 bits per heavy atom. The summed E-state index contributed by atoms with van der Waals surface area (Å²) in [5.41, 5.74) is 1.78. The molecule has 5 rings (SSSR count). The maximum absolute atomic E-state index is 5.90. The number of benzene rings is 1. The molecule has 2 aromatic heterocycles. The summed E-state index contributed by atoms with van der Waals surface area (Å²) in [6.07, 6.45) is 6.60. The van der Waals surface area contributed by atoms with Crippen LogP contribution in [0.4, 0.5) is 11.1 Å². The first-order chi connectivity index (χ1) is 12.9. The fourth-order valence-electron chi connectivity index (χ4n) is 3.95. The van der Waals surface area contributed by atoms with Gasteiger partial charge in [0, 0.05) is 32.1 Å². The van der Waals surface area contributed by atoms with E-state index in [0.717, 1.165) is 48.4 Å². The van der Waals surface area contributed by atoms with E-state index in [2.05, 4.69) is 25.0 Å². The largest absolute Gasteiger partial charge is 0.423 e. The second-order valence-corrected chi connectivity index (χ2v) is 8.18. The van der Waals surface area contributed by atoms with Crippen LogP contribution >= 0.6 is 11.3 Å². The molecule has 3 heterocycles. The molecule has 0 unspecified atom stereocenters. The monoisotopic (exact) mass is 369 g/mol. The molecule has 7 heteroatoms. The fraction of sp³-hybridized carbons (Fsp3) is 0.526. The van der Waals surface area contributed by atoms with Gasteiger partial charge in [0.15, 0.2) is 5.58 Å². The molecule has 0 radical (unpaired) electrons. The van der Waals surface area contributed by atoms with E-state index < -0.39 is 0 Å². The molecule has 6 nitrogen and oxygen atoms in total. The molecule has 26 heavy (non-hydrogen) atoms. The van der Waals surface area contributed by atoms with Crippen molar-refractivity contribution in [3.63, 3.8) is 0 Å². The summed E-state index contributed by atoms with van der Waals surface area (Å²) in [4.78, 5) is 9.19. The SMILES string of the molecule is c1ccc2oc(N3CCN(c4nnc(C5CCCCC5)s4)CC3)nc2c1. The summed E-state index contributed by atoms with van der Waals surface area (Å²) in [6.45, 7) is 3.65. The second-order valence-electron chi connectivity index (χ2n) is 7.20. The maximum atomic E-state index is 5.90. The lowest BCUT2D eigenvalue weighted by molar-refractivity contribution is 0.440. The van der Waals surface area contributed by atoms with E-state index >= 15 is 0 Å². The summed E-state index contributed by atoms with van der Waals surface area (Å²) >= 11 is 1.79. The molecular formula is C19H23N5OS. The van der Waals surface area contributed by atoms with Crippen LogP contribution in [0.3, 0.4) is 0 Å². The van der Waals surface area contributed by atoms with Crippen LogP contribution in [0.5, 0.6) is 0 Å². The van der Waals surface area contributed by atoms with Gasteiger partial charge in [-0.25, -0.2) is 0 Å². The van der Waals surface area contributed by atoms with Crippen LogP contribution < -0.4 is 9.80 Å². The summed E-state index contributed by atoms with van der Waals surface area (Å²) in [5, 5.41) is 11.3. The second kappa shape index (κ2) is 6.87. The van der Waals surface area contributed by atoms with Crippen LogP contribution in [-0.2, 0) is 0 Å². The van der Waals surface area contributed by atoms with Gasteiger partial charge in [0.05, 0.1) is 0 Å². The number of anilines is 2. The molecule has 1 aliphatic heterocycles. The lowest BCUT2D eigenvalue weighted by atomic mass is 9.90. The van der Waals surface area contributed by atoms with Crippen LogP contribution in [0.25, 0.3) is 11.1 Å². The number of fused-ring (bicyclic) bond motifs is 1. The molecule has 3 aromatic rings. The maximum Gasteiger partial charge on any atom is 0.298 e. The van der Waals surface area contributed by atoms with Gasteiger partial charge < -0.3 is 14.2 Å². The van der Waals surface area contributed by atoms with Crippen LogP contribution in [0.1, 0.15) is 43.0 Å². The highest BCUT2D eigenvalue weighted by atomic mass is 32.1. The van der Waals surface area contributed by atoms with Gasteiger partial charge in [-0.05, 0) is 25.0 Å². The van der Waals surface area contributed by atoms with Crippen molar-refractivity contribution >= 4 is 33.6 Å². The topological polar surface area (TPSA) is 58.3 Å². The van der Waals surface area contributed by atoms with E-state index in [4.69, 9.17) is 4.42 Å². The smallest absolute Gasteiger partial charge is 0.298 e. The molecule has 1 saturated carbocycles. The van der Waals surface area contributed by atoms with Crippen LogP contribution in [0.15, 0.2) is 28.7 Å². The Bertz CT molecular complexity index is 844. The molecule has 0 bridgehead atoms. The molecule has 0 spiro atoms. The van der Waals surface area contributed by atoms with Gasteiger partial charge in [0.2, 0.25) is 5.13 Å². The lowest BCUT2D eigenvalue weighted by Gasteiger charge is -2.33. The van der Waals surface area contributed by atoms with E-state index in [0.29, 0.717) is 5.92 Å². The van der Waals surface area contributed by atoms with Gasteiger partial charge in [0.25, 0.3) is 6.01 Å². The average molecular weight is 369 g/mol. The zero-order chi connectivity index (χ0) is 17.3. The molecule has 0 N–H and O–H groups in total. The summed E-state index contributed by atoms with van der Waals surface area (Å²) in [6, 6.07) is 8.66. The Hall–Kier alpha value is -2.15. The highest BCUT2D eigenvalue weighted by Gasteiger charge is 2.25. The molecule has 136 valence electrons. The molecule has 1 saturated heterocycles. The fourth-order valence-corrected chi connectivity index (χ4v) is 5.02. The minimum Gasteiger partial charge on any atom is -0.423 e. The number of aromatic nitrogens is 3. The molecule has 2 fully saturated rings. The molecule has 1 aliphatic carbocycles. The van der Waals surface area contributed by atoms with Crippen molar-refractivity contribution in [2.24, 2.45) is 0 Å². The number of para-hydroxylation sites is 2. The van der Waals surface area contributed by atoms with Crippen LogP contribution in [0.2, 0.25) is 0 Å². The van der Waals surface area contributed by atoms with Crippen molar-refractivity contribution in [2.45, 2.75) is 38.0 Å². The van der Waals surface area contributed by atoms with Crippen molar-refractivity contribution in [1.29, 1.82) is 0 Å². The lowest BCUT2D eigenvalue weighted by Crippen LogP contribution is -2.46. The number of piperazine rings is 1. The van der Waals surface area contributed by atoms with Crippen LogP contribution in [0, 0.1) is 0 Å². The van der Waals surface area contributed by atoms with Crippen molar-refractivity contribution in [3.05, 3.63) is 29.3 Å². The first-order valence-electron chi connectivity index (χ1n) is 9.56. The number of hydrogen-bond acceptors (Lipinski definition) is 7. The average Bonchev–Trinajstić information content (AvgIpc) is 3.36. The summed E-state index contributed by atoms with van der Waals surface area (Å²) < 4.78 is 5.90. The zero-order valence-electron chi connectivity index (χ0n) is 14.8. The standard InChI is InChI=1S/C19H23N5OS/c1-2-6-14(7-3-1)17-21-22-19(26-17)24-12-10-23(11-13-24)18-20-15-8-4-5-9-16(15)25-18/h4-5,8-9,14H,1-3,6-7,10-13H2. The number of oxazole rings is 1. The normalized spacial score (nSPS) is 19.4. The zero-order valence-corrected chi connectivity index (χ0v) is 15.6. The van der Waals surface area contributed by atoms with E-state index in [-0.39, 0.29) is 0 Å². The molecule has 2 aliphatic rings. The van der Waals surface area contributed by atoms with E-state index in [1.54, 1.807) is 11.3 Å². The number of hydrogen-bond donors (Lipinski definition) is 0. The summed E-state index contributed by atoms with van der Waals surface area (Å²) in [5.74, 6) is 0.635. The van der Waals surface area contributed by atoms with E-state index in [1.165, 1.54) is 37.1 Å². The minimum atomic E-state index is 0.635. The van der Waals surface area contributed by atoms with Gasteiger partial charge in [-0.3, -0.25) is 0 Å². The van der Waals surface area contributed by atoms with Gasteiger partial charge >= 0.3 is 0 Å². The predicted octanol–water partition coefficient (Wildman–Crippen LogP) is 4.05. The predicted molar refractivity (Wildman–Crippen MR) is 104 cm³/mol. The van der Waals surface area contributed by atoms with Gasteiger partial charge in [-0.1, -0.05) is 42.7 Å². The Labute approximate surface area is 156 Å². The highest BCUT2D eigenvalue weighted by Crippen LogP contribution is 2.36. The molecular weight excluding hydrogens is 346 g/mol. The van der Waals surface area contributed by atoms with Crippen molar-refractivity contribution in [1.82, 2.24) is 15.2 Å². The number of nitrogens with zero attached hydrogens (tertiary/aromatic N) is 5. The van der Waals surface area contributed by atoms with Crippen molar-refractivity contribution in [2.75, 3.05) is 36.0 Å². The van der Waals surface area contributed by atoms with Crippen molar-refractivity contribution in [3.8, 4) is 0 Å². The first-order valence-corrected chi connectivity index (χ1v) is 10.4. The van der Waals surface area contributed by atoms with E-state index in [9.17, 15) is 0 Å². The third-order valence-electron chi connectivity index (χ3n) is 5.49. The third-order valence-corrected chi connectivity index (χ3v) is 6.63. The Morgan fingerprint density at radius 3 is 2.50 bits per heavy atom.